The molecule has 0 fully saturated rings. The van der Waals surface area contributed by atoms with Gasteiger partial charge in [0.05, 0.1) is 9.90 Å². The van der Waals surface area contributed by atoms with Gasteiger partial charge in [-0.3, -0.25) is 0 Å². The molecule has 0 bridgehead atoms. The topological polar surface area (TPSA) is 24.9 Å². The van der Waals surface area contributed by atoms with Crippen LogP contribution in [-0.4, -0.2) is 11.5 Å². The monoisotopic (exact) mass is 256 g/mol. The molecule has 0 unspecified atom stereocenters. The SMILES string of the molecule is CCNc1ncc(-c2cccc(Cl)c2F)s1. The van der Waals surface area contributed by atoms with E-state index >= 15 is 0 Å². The van der Waals surface area contributed by atoms with E-state index in [0.717, 1.165) is 16.6 Å². The van der Waals surface area contributed by atoms with E-state index in [-0.39, 0.29) is 5.02 Å². The van der Waals surface area contributed by atoms with E-state index in [0.29, 0.717) is 5.56 Å². The van der Waals surface area contributed by atoms with Gasteiger partial charge in [-0.2, -0.15) is 0 Å². The zero-order valence-electron chi connectivity index (χ0n) is 8.63. The summed E-state index contributed by atoms with van der Waals surface area (Å²) in [4.78, 5) is 4.92. The maximum Gasteiger partial charge on any atom is 0.183 e. The van der Waals surface area contributed by atoms with Crippen molar-refractivity contribution in [2.24, 2.45) is 0 Å². The van der Waals surface area contributed by atoms with Crippen molar-refractivity contribution in [1.82, 2.24) is 4.98 Å². The number of nitrogens with zero attached hydrogens (tertiary/aromatic N) is 1. The van der Waals surface area contributed by atoms with Crippen molar-refractivity contribution < 1.29 is 4.39 Å². The lowest BCUT2D eigenvalue weighted by Gasteiger charge is -2.00. The van der Waals surface area contributed by atoms with Crippen LogP contribution in [0.2, 0.25) is 5.02 Å². The van der Waals surface area contributed by atoms with Crippen molar-refractivity contribution in [3.05, 3.63) is 35.2 Å². The summed E-state index contributed by atoms with van der Waals surface area (Å²) < 4.78 is 13.7. The Bertz CT molecular complexity index is 498. The highest BCUT2D eigenvalue weighted by Crippen LogP contribution is 2.33. The third-order valence-corrected chi connectivity index (χ3v) is 3.33. The number of anilines is 1. The summed E-state index contributed by atoms with van der Waals surface area (Å²) in [7, 11) is 0. The summed E-state index contributed by atoms with van der Waals surface area (Å²) in [6.07, 6.45) is 1.65. The Morgan fingerprint density at radius 1 is 1.50 bits per heavy atom. The van der Waals surface area contributed by atoms with E-state index in [2.05, 4.69) is 10.3 Å². The van der Waals surface area contributed by atoms with E-state index in [1.165, 1.54) is 17.4 Å². The van der Waals surface area contributed by atoms with E-state index in [1.807, 2.05) is 6.92 Å². The van der Waals surface area contributed by atoms with E-state index in [1.54, 1.807) is 18.3 Å². The second-order valence-corrected chi connectivity index (χ2v) is 4.60. The van der Waals surface area contributed by atoms with E-state index < -0.39 is 5.82 Å². The molecule has 0 aliphatic carbocycles. The number of aromatic nitrogens is 1. The molecule has 0 saturated heterocycles. The summed E-state index contributed by atoms with van der Waals surface area (Å²) in [6, 6.07) is 4.96. The molecular weight excluding hydrogens is 247 g/mol. The fourth-order valence-corrected chi connectivity index (χ4v) is 2.40. The minimum absolute atomic E-state index is 0.135. The lowest BCUT2D eigenvalue weighted by atomic mass is 10.2. The molecule has 16 heavy (non-hydrogen) atoms. The first kappa shape index (κ1) is 11.4. The number of thiazole rings is 1. The van der Waals surface area contributed by atoms with Gasteiger partial charge in [0.25, 0.3) is 0 Å². The van der Waals surface area contributed by atoms with Crippen LogP contribution in [0, 0.1) is 5.82 Å². The summed E-state index contributed by atoms with van der Waals surface area (Å²) in [6.45, 7) is 2.78. The van der Waals surface area contributed by atoms with Crippen molar-refractivity contribution in [1.29, 1.82) is 0 Å². The molecule has 1 aromatic heterocycles. The first-order valence-electron chi connectivity index (χ1n) is 4.86. The van der Waals surface area contributed by atoms with Gasteiger partial charge in [0, 0.05) is 18.3 Å². The van der Waals surface area contributed by atoms with Gasteiger partial charge in [-0.1, -0.05) is 35.1 Å². The Kier molecular flexibility index (Phi) is 3.41. The second-order valence-electron chi connectivity index (χ2n) is 3.16. The van der Waals surface area contributed by atoms with Gasteiger partial charge >= 0.3 is 0 Å². The third-order valence-electron chi connectivity index (χ3n) is 2.05. The van der Waals surface area contributed by atoms with E-state index in [9.17, 15) is 4.39 Å². The Balaban J connectivity index is 2.39. The standard InChI is InChI=1S/C11H10ClFN2S/c1-2-14-11-15-6-9(16-11)7-4-3-5-8(12)10(7)13/h3-6H,2H2,1H3,(H,14,15). The largest absolute Gasteiger partial charge is 0.362 e. The van der Waals surface area contributed by atoms with Crippen LogP contribution in [0.15, 0.2) is 24.4 Å². The molecule has 0 aliphatic heterocycles. The van der Waals surface area contributed by atoms with Crippen molar-refractivity contribution in [2.75, 3.05) is 11.9 Å². The van der Waals surface area contributed by atoms with Gasteiger partial charge in [0.15, 0.2) is 5.13 Å². The predicted molar refractivity (Wildman–Crippen MR) is 66.7 cm³/mol. The molecule has 0 amide bonds. The predicted octanol–water partition coefficient (Wildman–Crippen LogP) is 4.03. The van der Waals surface area contributed by atoms with Crippen LogP contribution in [0.25, 0.3) is 10.4 Å². The molecule has 84 valence electrons. The summed E-state index contributed by atoms with van der Waals surface area (Å²) >= 11 is 7.14. The van der Waals surface area contributed by atoms with E-state index in [4.69, 9.17) is 11.6 Å². The van der Waals surface area contributed by atoms with Crippen LogP contribution in [0.4, 0.5) is 9.52 Å². The average Bonchev–Trinajstić information content (AvgIpc) is 2.71. The minimum Gasteiger partial charge on any atom is -0.362 e. The van der Waals surface area contributed by atoms with Crippen LogP contribution in [-0.2, 0) is 0 Å². The highest BCUT2D eigenvalue weighted by atomic mass is 35.5. The molecule has 0 spiro atoms. The highest BCUT2D eigenvalue weighted by Gasteiger charge is 2.11. The molecule has 0 atom stereocenters. The highest BCUT2D eigenvalue weighted by molar-refractivity contribution is 7.18. The molecule has 5 heteroatoms. The molecular formula is C11H10ClFN2S. The van der Waals surface area contributed by atoms with Gasteiger partial charge in [-0.05, 0) is 13.0 Å². The van der Waals surface area contributed by atoms with Crippen molar-refractivity contribution >= 4 is 28.1 Å². The fourth-order valence-electron chi connectivity index (χ4n) is 1.33. The van der Waals surface area contributed by atoms with Crippen LogP contribution in [0.3, 0.4) is 0 Å². The van der Waals surface area contributed by atoms with Gasteiger partial charge in [-0.15, -0.1) is 0 Å². The molecule has 2 aromatic rings. The molecule has 0 radical (unpaired) electrons. The van der Waals surface area contributed by atoms with Crippen LogP contribution >= 0.6 is 22.9 Å². The number of benzene rings is 1. The quantitative estimate of drug-likeness (QED) is 0.897. The first-order valence-corrected chi connectivity index (χ1v) is 6.06. The maximum absolute atomic E-state index is 13.7. The summed E-state index contributed by atoms with van der Waals surface area (Å²) in [5.41, 5.74) is 0.495. The molecule has 0 aliphatic rings. The van der Waals surface area contributed by atoms with Crippen molar-refractivity contribution in [3.63, 3.8) is 0 Å². The van der Waals surface area contributed by atoms with Gasteiger partial charge in [0.2, 0.25) is 0 Å². The normalized spacial score (nSPS) is 10.4. The lowest BCUT2D eigenvalue weighted by molar-refractivity contribution is 0.632. The Morgan fingerprint density at radius 3 is 3.06 bits per heavy atom. The molecule has 2 rings (SSSR count). The first-order chi connectivity index (χ1) is 7.72. The Hall–Kier alpha value is -1.13. The van der Waals surface area contributed by atoms with Crippen LogP contribution in [0.1, 0.15) is 6.92 Å². The smallest absolute Gasteiger partial charge is 0.183 e. The zero-order chi connectivity index (χ0) is 11.5. The Morgan fingerprint density at radius 2 is 2.31 bits per heavy atom. The number of nitrogens with one attached hydrogen (secondary N) is 1. The lowest BCUT2D eigenvalue weighted by Crippen LogP contribution is -1.94. The third kappa shape index (κ3) is 2.18. The average molecular weight is 257 g/mol. The number of hydrogen-bond acceptors (Lipinski definition) is 3. The summed E-state index contributed by atoms with van der Waals surface area (Å²) in [5.74, 6) is -0.393. The molecule has 0 saturated carbocycles. The molecule has 2 nitrogen and oxygen atoms in total. The van der Waals surface area contributed by atoms with Gasteiger partial charge < -0.3 is 5.32 Å². The van der Waals surface area contributed by atoms with Crippen molar-refractivity contribution in [3.8, 4) is 10.4 Å². The molecule has 1 N–H and O–H groups in total. The number of halogens is 2. The van der Waals surface area contributed by atoms with Crippen LogP contribution < -0.4 is 5.32 Å². The Labute approximate surface area is 102 Å². The minimum atomic E-state index is -0.393. The van der Waals surface area contributed by atoms with Crippen LogP contribution in [0.5, 0.6) is 0 Å². The number of rotatable bonds is 3. The van der Waals surface area contributed by atoms with Crippen molar-refractivity contribution in [2.45, 2.75) is 6.92 Å². The molecule has 1 heterocycles. The molecule has 1 aromatic carbocycles. The number of hydrogen-bond donors (Lipinski definition) is 1. The van der Waals surface area contributed by atoms with Gasteiger partial charge in [0.1, 0.15) is 5.82 Å². The maximum atomic E-state index is 13.7. The second kappa shape index (κ2) is 4.80. The zero-order valence-corrected chi connectivity index (χ0v) is 10.2. The summed E-state index contributed by atoms with van der Waals surface area (Å²) in [5, 5.41) is 4.01. The fraction of sp³-hybridized carbons (Fsp3) is 0.182. The van der Waals surface area contributed by atoms with Gasteiger partial charge in [-0.25, -0.2) is 9.37 Å².